The van der Waals surface area contributed by atoms with E-state index in [-0.39, 0.29) is 24.0 Å². The van der Waals surface area contributed by atoms with Crippen LogP contribution in [0.1, 0.15) is 24.8 Å². The molecular formula is C20H31IN6. The smallest absolute Gasteiger partial charge is 0.193 e. The number of para-hydroxylation sites is 1. The van der Waals surface area contributed by atoms with Gasteiger partial charge in [0.15, 0.2) is 5.96 Å². The van der Waals surface area contributed by atoms with Crippen molar-refractivity contribution in [2.45, 2.75) is 25.3 Å². The minimum Gasteiger partial charge on any atom is -0.370 e. The number of likely N-dealkylation sites (tertiary alicyclic amines) is 1. The molecule has 7 heteroatoms. The molecule has 1 N–H and O–H groups in total. The summed E-state index contributed by atoms with van der Waals surface area (Å²) in [6.45, 7) is 5.11. The Hall–Kier alpha value is -1.77. The highest BCUT2D eigenvalue weighted by atomic mass is 127. The van der Waals surface area contributed by atoms with E-state index >= 15 is 0 Å². The quantitative estimate of drug-likeness (QED) is 0.405. The summed E-state index contributed by atoms with van der Waals surface area (Å²) in [6, 6.07) is 10.9. The first-order chi connectivity index (χ1) is 12.6. The fourth-order valence-electron chi connectivity index (χ4n) is 3.50. The average molecular weight is 482 g/mol. The van der Waals surface area contributed by atoms with Gasteiger partial charge in [0.05, 0.1) is 6.20 Å². The third kappa shape index (κ3) is 5.37. The van der Waals surface area contributed by atoms with Crippen LogP contribution in [0.2, 0.25) is 0 Å². The van der Waals surface area contributed by atoms with E-state index in [9.17, 15) is 0 Å². The second-order valence-corrected chi connectivity index (χ2v) is 7.10. The predicted octanol–water partition coefficient (Wildman–Crippen LogP) is 2.93. The number of aliphatic imine (C=N–C) groups is 1. The number of rotatable bonds is 5. The molecule has 1 aliphatic rings. The van der Waals surface area contributed by atoms with Gasteiger partial charge in [-0.1, -0.05) is 18.2 Å². The number of anilines is 1. The van der Waals surface area contributed by atoms with Crippen molar-refractivity contribution in [3.05, 3.63) is 48.3 Å². The standard InChI is InChI=1S/C20H30N6.HI/c1-16(25(4)19-8-6-5-7-9-19)12-22-20(21-2)26-11-10-17(15-26)18-13-23-24(3)14-18;/h5-9,13-14,16-17H,10-12,15H2,1-4H3,(H,21,22);1H. The second-order valence-electron chi connectivity index (χ2n) is 7.10. The highest BCUT2D eigenvalue weighted by Crippen LogP contribution is 2.26. The zero-order valence-corrected chi connectivity index (χ0v) is 19.0. The predicted molar refractivity (Wildman–Crippen MR) is 123 cm³/mol. The average Bonchev–Trinajstić information content (AvgIpc) is 3.31. The lowest BCUT2D eigenvalue weighted by Gasteiger charge is -2.29. The van der Waals surface area contributed by atoms with Crippen LogP contribution in [-0.4, -0.2) is 60.4 Å². The fraction of sp³-hybridized carbons (Fsp3) is 0.500. The molecule has 0 aliphatic carbocycles. The first-order valence-corrected chi connectivity index (χ1v) is 9.30. The summed E-state index contributed by atoms with van der Waals surface area (Å²) in [7, 11) is 5.98. The van der Waals surface area contributed by atoms with Crippen LogP contribution in [0, 0.1) is 0 Å². The first-order valence-electron chi connectivity index (χ1n) is 9.30. The Morgan fingerprint density at radius 1 is 1.37 bits per heavy atom. The number of nitrogens with zero attached hydrogens (tertiary/aromatic N) is 5. The minimum atomic E-state index is 0. The molecule has 1 aliphatic heterocycles. The third-order valence-electron chi connectivity index (χ3n) is 5.28. The zero-order chi connectivity index (χ0) is 18.5. The molecule has 6 nitrogen and oxygen atoms in total. The summed E-state index contributed by atoms with van der Waals surface area (Å²) >= 11 is 0. The van der Waals surface area contributed by atoms with Crippen molar-refractivity contribution in [2.24, 2.45) is 12.0 Å². The van der Waals surface area contributed by atoms with Crippen LogP contribution < -0.4 is 10.2 Å². The van der Waals surface area contributed by atoms with Crippen molar-refractivity contribution in [1.82, 2.24) is 20.0 Å². The number of aromatic nitrogens is 2. The van der Waals surface area contributed by atoms with E-state index in [1.54, 1.807) is 0 Å². The Morgan fingerprint density at radius 2 is 2.11 bits per heavy atom. The molecule has 3 rings (SSSR count). The third-order valence-corrected chi connectivity index (χ3v) is 5.28. The molecule has 1 aromatic heterocycles. The van der Waals surface area contributed by atoms with Crippen molar-refractivity contribution in [2.75, 3.05) is 38.6 Å². The van der Waals surface area contributed by atoms with E-state index in [1.165, 1.54) is 11.3 Å². The van der Waals surface area contributed by atoms with Crippen LogP contribution in [0.3, 0.4) is 0 Å². The van der Waals surface area contributed by atoms with Gasteiger partial charge in [-0.05, 0) is 31.0 Å². The van der Waals surface area contributed by atoms with Gasteiger partial charge < -0.3 is 15.1 Å². The molecule has 2 heterocycles. The van der Waals surface area contributed by atoms with Crippen LogP contribution in [0.15, 0.2) is 47.7 Å². The maximum absolute atomic E-state index is 4.50. The van der Waals surface area contributed by atoms with Crippen molar-refractivity contribution in [3.8, 4) is 0 Å². The summed E-state index contributed by atoms with van der Waals surface area (Å²) in [5.74, 6) is 1.52. The lowest BCUT2D eigenvalue weighted by Crippen LogP contribution is -2.46. The van der Waals surface area contributed by atoms with Crippen molar-refractivity contribution in [3.63, 3.8) is 0 Å². The molecule has 1 aromatic carbocycles. The van der Waals surface area contributed by atoms with E-state index in [1.807, 2.05) is 31.0 Å². The maximum atomic E-state index is 4.50. The highest BCUT2D eigenvalue weighted by molar-refractivity contribution is 14.0. The van der Waals surface area contributed by atoms with Gasteiger partial charge in [-0.2, -0.15) is 5.10 Å². The van der Waals surface area contributed by atoms with E-state index < -0.39 is 0 Å². The van der Waals surface area contributed by atoms with Crippen molar-refractivity contribution >= 4 is 35.6 Å². The molecule has 0 radical (unpaired) electrons. The molecule has 2 aromatic rings. The number of halogens is 1. The van der Waals surface area contributed by atoms with Gasteiger partial charge in [-0.25, -0.2) is 0 Å². The van der Waals surface area contributed by atoms with Crippen molar-refractivity contribution in [1.29, 1.82) is 0 Å². The topological polar surface area (TPSA) is 48.7 Å². The van der Waals surface area contributed by atoms with Crippen LogP contribution in [0.4, 0.5) is 5.69 Å². The van der Waals surface area contributed by atoms with Gasteiger partial charge in [0.1, 0.15) is 0 Å². The number of hydrogen-bond acceptors (Lipinski definition) is 3. The van der Waals surface area contributed by atoms with Gasteiger partial charge >= 0.3 is 0 Å². The van der Waals surface area contributed by atoms with E-state index in [4.69, 9.17) is 0 Å². The summed E-state index contributed by atoms with van der Waals surface area (Å²) in [5.41, 5.74) is 2.55. The molecular weight excluding hydrogens is 451 g/mol. The normalized spacial score (nSPS) is 18.1. The lowest BCUT2D eigenvalue weighted by atomic mass is 10.0. The van der Waals surface area contributed by atoms with E-state index in [0.29, 0.717) is 12.0 Å². The summed E-state index contributed by atoms with van der Waals surface area (Å²) in [4.78, 5) is 9.15. The van der Waals surface area contributed by atoms with Gasteiger partial charge in [-0.3, -0.25) is 9.67 Å². The van der Waals surface area contributed by atoms with E-state index in [2.05, 4.69) is 69.6 Å². The number of likely N-dealkylation sites (N-methyl/N-ethyl adjacent to an activating group) is 1. The second kappa shape index (κ2) is 9.96. The Bertz CT molecular complexity index is 729. The van der Waals surface area contributed by atoms with Crippen LogP contribution in [0.5, 0.6) is 0 Å². The monoisotopic (exact) mass is 482 g/mol. The van der Waals surface area contributed by atoms with Crippen molar-refractivity contribution < 1.29 is 0 Å². The molecule has 1 saturated heterocycles. The van der Waals surface area contributed by atoms with Crippen LogP contribution in [0.25, 0.3) is 0 Å². The molecule has 0 bridgehead atoms. The zero-order valence-electron chi connectivity index (χ0n) is 16.7. The SMILES string of the molecule is CN=C(NCC(C)N(C)c1ccccc1)N1CCC(c2cnn(C)c2)C1.I. The minimum absolute atomic E-state index is 0. The largest absolute Gasteiger partial charge is 0.370 e. The summed E-state index contributed by atoms with van der Waals surface area (Å²) in [5, 5.41) is 7.86. The molecule has 0 amide bonds. The Kier molecular flexibility index (Phi) is 7.94. The van der Waals surface area contributed by atoms with Crippen LogP contribution in [-0.2, 0) is 7.05 Å². The molecule has 1 fully saturated rings. The first kappa shape index (κ1) is 21.5. The molecule has 148 valence electrons. The van der Waals surface area contributed by atoms with Gasteiger partial charge in [-0.15, -0.1) is 24.0 Å². The number of aryl methyl sites for hydroxylation is 1. The molecule has 2 unspecified atom stereocenters. The Morgan fingerprint density at radius 3 is 2.74 bits per heavy atom. The Labute approximate surface area is 179 Å². The maximum Gasteiger partial charge on any atom is 0.193 e. The van der Waals surface area contributed by atoms with Gasteiger partial charge in [0, 0.05) is 64.6 Å². The lowest BCUT2D eigenvalue weighted by molar-refractivity contribution is 0.481. The van der Waals surface area contributed by atoms with Gasteiger partial charge in [0.25, 0.3) is 0 Å². The van der Waals surface area contributed by atoms with Crippen LogP contribution >= 0.6 is 24.0 Å². The number of guanidine groups is 1. The van der Waals surface area contributed by atoms with Gasteiger partial charge in [0.2, 0.25) is 0 Å². The highest BCUT2D eigenvalue weighted by Gasteiger charge is 2.27. The summed E-state index contributed by atoms with van der Waals surface area (Å²) < 4.78 is 1.88. The molecule has 0 spiro atoms. The number of nitrogens with one attached hydrogen (secondary N) is 1. The molecule has 2 atom stereocenters. The Balaban J connectivity index is 0.00000261. The molecule has 27 heavy (non-hydrogen) atoms. The molecule has 0 saturated carbocycles. The number of hydrogen-bond donors (Lipinski definition) is 1. The number of benzene rings is 1. The fourth-order valence-corrected chi connectivity index (χ4v) is 3.50. The van der Waals surface area contributed by atoms with E-state index in [0.717, 1.165) is 32.0 Å². The summed E-state index contributed by atoms with van der Waals surface area (Å²) in [6.07, 6.45) is 5.26.